The number of benzene rings is 2. The van der Waals surface area contributed by atoms with Crippen molar-refractivity contribution in [2.75, 3.05) is 13.2 Å². The van der Waals surface area contributed by atoms with Crippen molar-refractivity contribution in [3.05, 3.63) is 83.9 Å². The highest BCUT2D eigenvalue weighted by Crippen LogP contribution is 2.35. The fraction of sp³-hybridized carbons (Fsp3) is 0.667. The summed E-state index contributed by atoms with van der Waals surface area (Å²) in [5.41, 5.74) is 0.353. The molecular formula is C57H87NO14. The molecule has 7 atom stereocenters. The van der Waals surface area contributed by atoms with Crippen LogP contribution in [0.3, 0.4) is 0 Å². The number of carboxylic acid groups (broad SMARTS) is 2. The normalized spacial score (nSPS) is 19.6. The van der Waals surface area contributed by atoms with Gasteiger partial charge in [-0.2, -0.15) is 0 Å². The molecule has 72 heavy (non-hydrogen) atoms. The number of rotatable bonds is 39. The first-order valence-corrected chi connectivity index (χ1v) is 27.1. The zero-order chi connectivity index (χ0) is 52.2. The van der Waals surface area contributed by atoms with Crippen LogP contribution < -0.4 is 5.32 Å². The van der Waals surface area contributed by atoms with Crippen molar-refractivity contribution in [3.8, 4) is 0 Å². The lowest BCUT2D eigenvalue weighted by Gasteiger charge is -2.48. The van der Waals surface area contributed by atoms with Gasteiger partial charge in [-0.15, -0.1) is 0 Å². The molecule has 0 aliphatic carbocycles. The average molecular weight is 1010 g/mol. The summed E-state index contributed by atoms with van der Waals surface area (Å²) in [5, 5.41) is 34.1. The monoisotopic (exact) mass is 1010 g/mol. The summed E-state index contributed by atoms with van der Waals surface area (Å²) in [6, 6.07) is 15.1. The van der Waals surface area contributed by atoms with Gasteiger partial charge in [-0.1, -0.05) is 198 Å². The summed E-state index contributed by atoms with van der Waals surface area (Å²) in [4.78, 5) is 64.5. The Labute approximate surface area is 429 Å². The number of amides is 1. The van der Waals surface area contributed by atoms with Gasteiger partial charge in [-0.3, -0.25) is 4.79 Å². The van der Waals surface area contributed by atoms with E-state index in [1.165, 1.54) is 122 Å². The lowest BCUT2D eigenvalue weighted by Crippen LogP contribution is -2.67. The highest BCUT2D eigenvalue weighted by atomic mass is 16.8. The number of allylic oxidation sites excluding steroid dienone is 1. The van der Waals surface area contributed by atoms with Gasteiger partial charge in [0.25, 0.3) is 0 Å². The Bertz CT molecular complexity index is 1830. The second kappa shape index (κ2) is 36.8. The van der Waals surface area contributed by atoms with Crippen LogP contribution in [0, 0.1) is 0 Å². The average Bonchev–Trinajstić information content (AvgIpc) is 3.37. The maximum Gasteiger partial charge on any atom is 0.506 e. The zero-order valence-electron chi connectivity index (χ0n) is 43.5. The van der Waals surface area contributed by atoms with Gasteiger partial charge in [0, 0.05) is 6.42 Å². The maximum absolute atomic E-state index is 13.8. The first-order valence-electron chi connectivity index (χ1n) is 27.1. The van der Waals surface area contributed by atoms with Crippen LogP contribution >= 0.6 is 0 Å². The van der Waals surface area contributed by atoms with E-state index in [9.17, 15) is 39.3 Å². The van der Waals surface area contributed by atoms with Gasteiger partial charge in [0.15, 0.2) is 18.0 Å². The molecule has 1 aliphatic rings. The maximum atomic E-state index is 13.8. The van der Waals surface area contributed by atoms with Crippen LogP contribution in [0.1, 0.15) is 208 Å². The summed E-state index contributed by atoms with van der Waals surface area (Å²) in [7, 11) is 0. The van der Waals surface area contributed by atoms with Crippen LogP contribution in [0.5, 0.6) is 0 Å². The molecule has 0 bridgehead atoms. The van der Waals surface area contributed by atoms with Gasteiger partial charge in [-0.05, 0) is 56.5 Å². The van der Waals surface area contributed by atoms with Crippen molar-refractivity contribution in [1.82, 2.24) is 5.32 Å². The summed E-state index contributed by atoms with van der Waals surface area (Å²) in [6.07, 6.45) is 20.8. The first-order chi connectivity index (χ1) is 34.9. The van der Waals surface area contributed by atoms with Crippen molar-refractivity contribution in [2.24, 2.45) is 0 Å². The minimum Gasteiger partial charge on any atom is -0.452 e. The molecule has 1 heterocycles. The number of hydrogen-bond acceptors (Lipinski definition) is 12. The lowest BCUT2D eigenvalue weighted by molar-refractivity contribution is -0.357. The number of aliphatic hydroxyl groups excluding tert-OH is 1. The summed E-state index contributed by atoms with van der Waals surface area (Å²) < 4.78 is 34.2. The van der Waals surface area contributed by atoms with Gasteiger partial charge in [-0.25, -0.2) is 19.2 Å². The molecule has 3 rings (SSSR count). The van der Waals surface area contributed by atoms with Crippen molar-refractivity contribution in [2.45, 2.75) is 230 Å². The lowest BCUT2D eigenvalue weighted by atomic mass is 9.92. The van der Waals surface area contributed by atoms with Crippen molar-refractivity contribution < 1.29 is 67.7 Å². The summed E-state index contributed by atoms with van der Waals surface area (Å²) in [5.74, 6) is -4.10. The molecule has 0 radical (unpaired) electrons. The molecule has 2 aromatic carbocycles. The van der Waals surface area contributed by atoms with E-state index in [0.717, 1.165) is 44.9 Å². The Kier molecular flexibility index (Phi) is 31.4. The highest BCUT2D eigenvalue weighted by Gasteiger charge is 2.57. The highest BCUT2D eigenvalue weighted by molar-refractivity contribution is 5.90. The molecule has 404 valence electrons. The number of hydrogen-bond donors (Lipinski definition) is 4. The number of carbonyl (C=O) groups excluding carboxylic acids is 3. The van der Waals surface area contributed by atoms with Gasteiger partial charge in [0.1, 0.15) is 24.9 Å². The molecule has 1 fully saturated rings. The summed E-state index contributed by atoms with van der Waals surface area (Å²) in [6.45, 7) is 4.49. The molecule has 0 saturated carbocycles. The number of nitrogens with one attached hydrogen (secondary N) is 1. The molecule has 0 unspecified atom stereocenters. The Morgan fingerprint density at radius 3 is 1.58 bits per heavy atom. The van der Waals surface area contributed by atoms with E-state index in [4.69, 9.17) is 28.4 Å². The number of carbonyl (C=O) groups is 5. The molecule has 1 aliphatic heterocycles. The second-order valence-electron chi connectivity index (χ2n) is 19.2. The molecule has 2 aromatic rings. The number of aliphatic hydroxyl groups is 1. The van der Waals surface area contributed by atoms with Crippen molar-refractivity contribution in [1.29, 1.82) is 0 Å². The van der Waals surface area contributed by atoms with Crippen LogP contribution in [0.15, 0.2) is 72.8 Å². The van der Waals surface area contributed by atoms with E-state index in [2.05, 4.69) is 19.2 Å². The van der Waals surface area contributed by atoms with Crippen LogP contribution in [0.25, 0.3) is 0 Å². The smallest absolute Gasteiger partial charge is 0.452 e. The SMILES string of the molecule is CCCCCCCCCCCCC/C=C/[C@@H](OC(=O)c1ccccc1)[C@H](CO[C@@]1(C)O[C@H](COC(=O)O)[C@H](OC(=O)O)[C@H](OC(=O)c2ccccc2)[C@H]1O)NC(=O)CCCCCCCCCCCCCCC. The third kappa shape index (κ3) is 25.1. The minimum atomic E-state index is -2.18. The van der Waals surface area contributed by atoms with E-state index in [1.54, 1.807) is 54.6 Å². The van der Waals surface area contributed by atoms with Crippen molar-refractivity contribution in [3.63, 3.8) is 0 Å². The standard InChI is InChI=1S/C57H87NO14/c1-4-6-8-10-12-14-16-18-20-22-24-26-34-40-47(69-53(61)44-36-30-28-31-37-44)46(58-49(59)41-35-27-25-23-21-19-17-15-13-11-9-7-5-2)42-68-57(3)52(60)51(70-54(62)45-38-32-29-33-39-45)50(71-56(65)66)48(72-57)43-67-55(63)64/h28-34,36-40,46-48,50-52,60H,4-27,35,41-43H2,1-3H3,(H,58,59)(H,63,64)(H,65,66)/b40-34+/t46-,47+,48+,50-,51-,52+,57-/m0/s1. The quantitative estimate of drug-likeness (QED) is 0.0212. The predicted molar refractivity (Wildman–Crippen MR) is 276 cm³/mol. The molecule has 0 spiro atoms. The molecule has 1 saturated heterocycles. The number of ether oxygens (including phenoxy) is 6. The second-order valence-corrected chi connectivity index (χ2v) is 19.2. The molecule has 1 amide bonds. The first kappa shape index (κ1) is 61.3. The van der Waals surface area contributed by atoms with E-state index in [-0.39, 0.29) is 23.5 Å². The van der Waals surface area contributed by atoms with E-state index in [1.807, 2.05) is 6.08 Å². The van der Waals surface area contributed by atoms with E-state index in [0.29, 0.717) is 12.8 Å². The van der Waals surface area contributed by atoms with Gasteiger partial charge in [0.2, 0.25) is 5.91 Å². The third-order valence-corrected chi connectivity index (χ3v) is 13.1. The minimum absolute atomic E-state index is 0.0699. The van der Waals surface area contributed by atoms with Crippen LogP contribution in [-0.2, 0) is 33.2 Å². The topological polar surface area (TPSA) is 213 Å². The molecule has 0 aromatic heterocycles. The van der Waals surface area contributed by atoms with E-state index >= 15 is 0 Å². The molecule has 15 heteroatoms. The van der Waals surface area contributed by atoms with E-state index < -0.39 is 79.8 Å². The van der Waals surface area contributed by atoms with Gasteiger partial charge < -0.3 is 49.1 Å². The number of esters is 2. The van der Waals surface area contributed by atoms with Gasteiger partial charge in [0.05, 0.1) is 23.8 Å². The Morgan fingerprint density at radius 1 is 0.625 bits per heavy atom. The number of unbranched alkanes of at least 4 members (excludes halogenated alkanes) is 23. The Morgan fingerprint density at radius 2 is 1.10 bits per heavy atom. The molecular weight excluding hydrogens is 923 g/mol. The van der Waals surface area contributed by atoms with Crippen LogP contribution in [0.4, 0.5) is 9.59 Å². The van der Waals surface area contributed by atoms with Crippen LogP contribution in [-0.4, -0.2) is 101 Å². The Hall–Kier alpha value is -4.99. The molecule has 4 N–H and O–H groups in total. The molecule has 15 nitrogen and oxygen atoms in total. The van der Waals surface area contributed by atoms with Crippen molar-refractivity contribution >= 4 is 30.2 Å². The van der Waals surface area contributed by atoms with Gasteiger partial charge >= 0.3 is 24.2 Å². The Balaban J connectivity index is 1.83. The van der Waals surface area contributed by atoms with Crippen LogP contribution in [0.2, 0.25) is 0 Å². The fourth-order valence-electron chi connectivity index (χ4n) is 8.92. The summed E-state index contributed by atoms with van der Waals surface area (Å²) >= 11 is 0. The largest absolute Gasteiger partial charge is 0.506 e. The third-order valence-electron chi connectivity index (χ3n) is 13.1. The predicted octanol–water partition coefficient (Wildman–Crippen LogP) is 12.9. The zero-order valence-corrected chi connectivity index (χ0v) is 43.5. The fourth-order valence-corrected chi connectivity index (χ4v) is 8.92.